The number of hydrogen-bond donors (Lipinski definition) is 3. The minimum atomic E-state index is -2.57. The molecule has 3 fully saturated rings. The second kappa shape index (κ2) is 14.4. The number of benzene rings is 2. The van der Waals surface area contributed by atoms with Crippen molar-refractivity contribution in [2.75, 3.05) is 59.0 Å². The normalized spacial score (nSPS) is 36.1. The largest absolute Gasteiger partial charge is 0.496 e. The zero-order chi connectivity index (χ0) is 43.4. The predicted molar refractivity (Wildman–Crippen MR) is 221 cm³/mol. The summed E-state index contributed by atoms with van der Waals surface area (Å²) < 4.78 is 38.7. The van der Waals surface area contributed by atoms with E-state index < -0.39 is 69.4 Å². The SMILES string of the molecule is CC[C@]1(O)C[C@H]2CN(CCc3c([nH]c4ccc(F)cc34)[C@@](C(=O)OC)(c3cc4c(cc3OC)N(C=O)[C@H]3[C@@](O)(C(=O)OC)[C@H](OC(C)=O)[C@]5(CC)C=CCN6CC[C@]43[C@@H]65)C2)C1. The van der Waals surface area contributed by atoms with Gasteiger partial charge in [0.05, 0.1) is 38.7 Å². The van der Waals surface area contributed by atoms with Gasteiger partial charge in [-0.15, -0.1) is 0 Å². The van der Waals surface area contributed by atoms with E-state index in [1.807, 2.05) is 32.1 Å². The average Bonchev–Trinajstić information content (AvgIpc) is 3.92. The molecule has 3 aromatic rings. The van der Waals surface area contributed by atoms with Gasteiger partial charge in [0.25, 0.3) is 0 Å². The zero-order valence-corrected chi connectivity index (χ0v) is 35.6. The highest BCUT2D eigenvalue weighted by atomic mass is 19.1. The van der Waals surface area contributed by atoms with Crippen molar-refractivity contribution in [1.29, 1.82) is 0 Å². The summed E-state index contributed by atoms with van der Waals surface area (Å²) in [5, 5.41) is 25.9. The van der Waals surface area contributed by atoms with Gasteiger partial charge in [0, 0.05) is 78.2 Å². The molecule has 9 rings (SSSR count). The van der Waals surface area contributed by atoms with Crippen molar-refractivity contribution >= 4 is 40.9 Å². The molecule has 1 spiro atoms. The molecule has 15 heteroatoms. The number of carbonyl (C=O) groups is 4. The van der Waals surface area contributed by atoms with Crippen LogP contribution in [0.15, 0.2) is 42.5 Å². The lowest BCUT2D eigenvalue weighted by atomic mass is 9.47. The third kappa shape index (κ3) is 5.45. The van der Waals surface area contributed by atoms with Crippen molar-refractivity contribution < 1.29 is 52.7 Å². The Hall–Kier alpha value is -4.83. The molecule has 2 bridgehead atoms. The van der Waals surface area contributed by atoms with Gasteiger partial charge in [-0.05, 0) is 86.4 Å². The Balaban J connectivity index is 1.38. The molecule has 6 aliphatic rings. The van der Waals surface area contributed by atoms with Crippen LogP contribution in [0, 0.1) is 17.2 Å². The third-order valence-corrected chi connectivity index (χ3v) is 15.6. The molecule has 10 atom stereocenters. The lowest BCUT2D eigenvalue weighted by Gasteiger charge is -2.63. The van der Waals surface area contributed by atoms with Crippen LogP contribution in [0.4, 0.5) is 10.1 Å². The summed E-state index contributed by atoms with van der Waals surface area (Å²) in [6.07, 6.45) is 5.27. The van der Waals surface area contributed by atoms with Gasteiger partial charge in [0.2, 0.25) is 12.0 Å². The molecule has 3 N–H and O–H groups in total. The van der Waals surface area contributed by atoms with Gasteiger partial charge in [-0.1, -0.05) is 26.0 Å². The molecule has 1 aromatic heterocycles. The second-order valence-electron chi connectivity index (χ2n) is 18.3. The fourth-order valence-electron chi connectivity index (χ4n) is 13.4. The topological polar surface area (TPSA) is 171 Å². The number of aromatic amines is 1. The summed E-state index contributed by atoms with van der Waals surface area (Å²) in [7, 11) is 3.97. The summed E-state index contributed by atoms with van der Waals surface area (Å²) in [6.45, 7) is 7.74. The van der Waals surface area contributed by atoms with Gasteiger partial charge in [-0.25, -0.2) is 9.18 Å². The van der Waals surface area contributed by atoms with E-state index in [1.165, 1.54) is 38.2 Å². The van der Waals surface area contributed by atoms with E-state index in [1.54, 1.807) is 12.1 Å². The van der Waals surface area contributed by atoms with Crippen molar-refractivity contribution in [3.8, 4) is 5.75 Å². The Morgan fingerprint density at radius 2 is 1.75 bits per heavy atom. The molecule has 2 aromatic carbocycles. The van der Waals surface area contributed by atoms with Crippen LogP contribution in [-0.4, -0.2) is 133 Å². The van der Waals surface area contributed by atoms with E-state index in [9.17, 15) is 24.6 Å². The summed E-state index contributed by atoms with van der Waals surface area (Å²) in [6, 6.07) is 6.27. The number of rotatable bonds is 8. The summed E-state index contributed by atoms with van der Waals surface area (Å²) in [5.74, 6) is -2.79. The van der Waals surface area contributed by atoms with Crippen LogP contribution < -0.4 is 9.64 Å². The minimum absolute atomic E-state index is 0.168. The lowest BCUT2D eigenvalue weighted by Crippen LogP contribution is -2.81. The number of carbonyl (C=O) groups excluding carboxylic acids is 4. The monoisotopic (exact) mass is 842 g/mol. The number of piperidine rings is 1. The van der Waals surface area contributed by atoms with Crippen LogP contribution in [0.1, 0.15) is 75.3 Å². The maximum absolute atomic E-state index is 15.3. The van der Waals surface area contributed by atoms with E-state index in [0.717, 1.165) is 12.7 Å². The molecule has 0 radical (unpaired) electrons. The summed E-state index contributed by atoms with van der Waals surface area (Å²) >= 11 is 0. The number of fused-ring (bicyclic) bond motifs is 6. The number of nitrogens with one attached hydrogen (secondary N) is 1. The number of halogens is 1. The number of hydrogen-bond acceptors (Lipinski definition) is 12. The van der Waals surface area contributed by atoms with Crippen LogP contribution in [0.2, 0.25) is 0 Å². The van der Waals surface area contributed by atoms with Gasteiger partial charge < -0.3 is 39.0 Å². The van der Waals surface area contributed by atoms with Crippen LogP contribution >= 0.6 is 0 Å². The maximum Gasteiger partial charge on any atom is 0.344 e. The number of amides is 1. The summed E-state index contributed by atoms with van der Waals surface area (Å²) in [4.78, 5) is 65.8. The fraction of sp³-hybridized carbons (Fsp3) is 0.565. The molecule has 1 aliphatic carbocycles. The molecule has 1 amide bonds. The molecule has 6 heterocycles. The first kappa shape index (κ1) is 41.5. The fourth-order valence-corrected chi connectivity index (χ4v) is 13.4. The molecule has 14 nitrogen and oxygen atoms in total. The maximum atomic E-state index is 15.3. The number of nitrogens with zero attached hydrogens (tertiary/aromatic N) is 3. The van der Waals surface area contributed by atoms with Crippen molar-refractivity contribution in [2.45, 2.75) is 99.5 Å². The number of H-pyrrole nitrogens is 1. The standard InChI is InChI=1S/C46H55FN4O10/c1-7-42(56)21-27-22-45(40(54)59-5,36-29(12-16-49(23-27)24-42)30-18-28(47)10-11-33(30)48-36)32-19-31-34(20-35(32)58-4)51(25-52)38-44(31)14-17-50-15-9-13-43(8-2,37(44)50)39(61-26(3)53)46(38,57)41(55)60-6/h9-11,13,18-20,25,27,37-39,48,56-57H,7-8,12,14-17,21-24H2,1-6H3/t27-,37+,38-,39-,42+,43-,44-,45+,46+/m1/s1. The van der Waals surface area contributed by atoms with E-state index in [2.05, 4.69) is 14.8 Å². The van der Waals surface area contributed by atoms with Crippen LogP contribution in [0.25, 0.3) is 10.9 Å². The van der Waals surface area contributed by atoms with E-state index in [4.69, 9.17) is 18.9 Å². The van der Waals surface area contributed by atoms with Gasteiger partial charge in [-0.2, -0.15) is 0 Å². The minimum Gasteiger partial charge on any atom is -0.496 e. The lowest BCUT2D eigenvalue weighted by molar-refractivity contribution is -0.228. The van der Waals surface area contributed by atoms with Gasteiger partial charge >= 0.3 is 17.9 Å². The third-order valence-electron chi connectivity index (χ3n) is 15.6. The first-order chi connectivity index (χ1) is 29.2. The van der Waals surface area contributed by atoms with Gasteiger partial charge in [-0.3, -0.25) is 24.2 Å². The van der Waals surface area contributed by atoms with Crippen molar-refractivity contribution in [3.63, 3.8) is 0 Å². The molecule has 61 heavy (non-hydrogen) atoms. The highest BCUT2D eigenvalue weighted by Gasteiger charge is 2.81. The highest BCUT2D eigenvalue weighted by molar-refractivity contribution is 5.96. The Morgan fingerprint density at radius 3 is 2.43 bits per heavy atom. The average molecular weight is 843 g/mol. The Bertz CT molecular complexity index is 2370. The Kier molecular flexibility index (Phi) is 9.78. The van der Waals surface area contributed by atoms with E-state index >= 15 is 9.18 Å². The quantitative estimate of drug-likeness (QED) is 0.130. The Morgan fingerprint density at radius 1 is 0.984 bits per heavy atom. The Labute approximate surface area is 353 Å². The molecular weight excluding hydrogens is 788 g/mol. The first-order valence-electron chi connectivity index (χ1n) is 21.4. The van der Waals surface area contributed by atoms with E-state index in [-0.39, 0.29) is 18.1 Å². The van der Waals surface area contributed by atoms with Crippen molar-refractivity contribution in [1.82, 2.24) is 14.8 Å². The number of esters is 3. The smallest absolute Gasteiger partial charge is 0.344 e. The van der Waals surface area contributed by atoms with Gasteiger partial charge in [0.15, 0.2) is 6.10 Å². The second-order valence-corrected chi connectivity index (χ2v) is 18.3. The first-order valence-corrected chi connectivity index (χ1v) is 21.4. The zero-order valence-electron chi connectivity index (χ0n) is 35.6. The summed E-state index contributed by atoms with van der Waals surface area (Å²) in [5.41, 5.74) is -4.30. The molecule has 1 saturated carbocycles. The van der Waals surface area contributed by atoms with E-state index in [0.29, 0.717) is 105 Å². The molecular formula is C46H55FN4O10. The van der Waals surface area contributed by atoms with Crippen LogP contribution in [-0.2, 0) is 50.6 Å². The van der Waals surface area contributed by atoms with Crippen LogP contribution in [0.5, 0.6) is 5.75 Å². The molecule has 1 unspecified atom stereocenters. The number of anilines is 1. The highest BCUT2D eigenvalue weighted by Crippen LogP contribution is 2.68. The molecule has 5 aliphatic heterocycles. The predicted octanol–water partition coefficient (Wildman–Crippen LogP) is 3.66. The number of methoxy groups -OCH3 is 3. The van der Waals surface area contributed by atoms with Crippen molar-refractivity contribution in [2.24, 2.45) is 11.3 Å². The molecule has 2 saturated heterocycles. The number of aliphatic hydroxyl groups is 2. The van der Waals surface area contributed by atoms with Crippen LogP contribution in [0.3, 0.4) is 0 Å². The molecule has 326 valence electrons. The van der Waals surface area contributed by atoms with Crippen molar-refractivity contribution in [3.05, 3.63) is 70.7 Å². The number of aromatic nitrogens is 1. The van der Waals surface area contributed by atoms with Gasteiger partial charge in [0.1, 0.15) is 17.0 Å². The number of ether oxygens (including phenoxy) is 4.